The van der Waals surface area contributed by atoms with Gasteiger partial charge in [0, 0.05) is 11.1 Å². The third kappa shape index (κ3) is 3.57. The minimum Gasteiger partial charge on any atom is -0.382 e. The monoisotopic (exact) mass is 278 g/mol. The van der Waals surface area contributed by atoms with Crippen LogP contribution in [0.2, 0.25) is 0 Å². The summed E-state index contributed by atoms with van der Waals surface area (Å²) >= 11 is 1.65. The number of hydrogen-bond donors (Lipinski definition) is 2. The zero-order valence-electron chi connectivity index (χ0n) is 11.0. The SMILES string of the molecule is CC(C)C(NC(=O)Cn1ccc(N)n1)c1cccs1. The first-order chi connectivity index (χ1) is 9.06. The Bertz CT molecular complexity index is 533. The van der Waals surface area contributed by atoms with Crippen molar-refractivity contribution in [2.45, 2.75) is 26.4 Å². The number of carbonyl (C=O) groups excluding carboxylic acids is 1. The molecule has 1 atom stereocenters. The third-order valence-corrected chi connectivity index (χ3v) is 3.76. The molecule has 0 saturated carbocycles. The molecule has 102 valence electrons. The van der Waals surface area contributed by atoms with Crippen molar-refractivity contribution in [1.82, 2.24) is 15.1 Å². The van der Waals surface area contributed by atoms with Crippen LogP contribution in [0, 0.1) is 5.92 Å². The lowest BCUT2D eigenvalue weighted by molar-refractivity contribution is -0.122. The van der Waals surface area contributed by atoms with Gasteiger partial charge < -0.3 is 11.1 Å². The highest BCUT2D eigenvalue weighted by Crippen LogP contribution is 2.25. The maximum Gasteiger partial charge on any atom is 0.242 e. The van der Waals surface area contributed by atoms with E-state index in [0.29, 0.717) is 11.7 Å². The van der Waals surface area contributed by atoms with Crippen LogP contribution in [0.3, 0.4) is 0 Å². The van der Waals surface area contributed by atoms with E-state index in [1.807, 2.05) is 17.5 Å². The number of anilines is 1. The predicted octanol–water partition coefficient (Wildman–Crippen LogP) is 2.04. The topological polar surface area (TPSA) is 72.9 Å². The van der Waals surface area contributed by atoms with Crippen molar-refractivity contribution in [2.24, 2.45) is 5.92 Å². The molecular formula is C13H18N4OS. The largest absolute Gasteiger partial charge is 0.382 e. The number of rotatable bonds is 5. The van der Waals surface area contributed by atoms with Gasteiger partial charge in [-0.1, -0.05) is 19.9 Å². The summed E-state index contributed by atoms with van der Waals surface area (Å²) in [6, 6.07) is 5.75. The van der Waals surface area contributed by atoms with Gasteiger partial charge >= 0.3 is 0 Å². The molecule has 6 heteroatoms. The van der Waals surface area contributed by atoms with Crippen LogP contribution in [-0.2, 0) is 11.3 Å². The molecule has 2 rings (SSSR count). The van der Waals surface area contributed by atoms with Crippen LogP contribution in [0.15, 0.2) is 29.8 Å². The van der Waals surface area contributed by atoms with E-state index in [4.69, 9.17) is 5.73 Å². The molecule has 0 aliphatic heterocycles. The first-order valence-corrected chi connectivity index (χ1v) is 7.06. The maximum atomic E-state index is 12.0. The fraction of sp³-hybridized carbons (Fsp3) is 0.385. The lowest BCUT2D eigenvalue weighted by Crippen LogP contribution is -2.33. The van der Waals surface area contributed by atoms with Gasteiger partial charge in [-0.3, -0.25) is 9.48 Å². The average molecular weight is 278 g/mol. The minimum atomic E-state index is -0.0600. The molecule has 2 aromatic heterocycles. The van der Waals surface area contributed by atoms with Crippen molar-refractivity contribution >= 4 is 23.1 Å². The van der Waals surface area contributed by atoms with E-state index in [1.54, 1.807) is 23.6 Å². The van der Waals surface area contributed by atoms with Gasteiger partial charge in [0.2, 0.25) is 5.91 Å². The number of aromatic nitrogens is 2. The molecule has 0 aromatic carbocycles. The summed E-state index contributed by atoms with van der Waals surface area (Å²) in [7, 11) is 0. The van der Waals surface area contributed by atoms with Crippen molar-refractivity contribution in [3.8, 4) is 0 Å². The highest BCUT2D eigenvalue weighted by atomic mass is 32.1. The van der Waals surface area contributed by atoms with E-state index < -0.39 is 0 Å². The van der Waals surface area contributed by atoms with Crippen LogP contribution in [0.1, 0.15) is 24.8 Å². The van der Waals surface area contributed by atoms with Crippen LogP contribution >= 0.6 is 11.3 Å². The Morgan fingerprint density at radius 2 is 2.32 bits per heavy atom. The quantitative estimate of drug-likeness (QED) is 0.879. The molecule has 1 unspecified atom stereocenters. The van der Waals surface area contributed by atoms with Crippen molar-refractivity contribution in [1.29, 1.82) is 0 Å². The van der Waals surface area contributed by atoms with Crippen molar-refractivity contribution in [3.63, 3.8) is 0 Å². The number of hydrogen-bond acceptors (Lipinski definition) is 4. The van der Waals surface area contributed by atoms with Gasteiger partial charge in [-0.15, -0.1) is 11.3 Å². The summed E-state index contributed by atoms with van der Waals surface area (Å²) in [6.07, 6.45) is 1.70. The number of nitrogens with two attached hydrogens (primary N) is 1. The Kier molecular flexibility index (Phi) is 4.21. The summed E-state index contributed by atoms with van der Waals surface area (Å²) in [4.78, 5) is 13.2. The zero-order valence-corrected chi connectivity index (χ0v) is 11.9. The molecule has 0 fully saturated rings. The molecule has 0 bridgehead atoms. The molecular weight excluding hydrogens is 260 g/mol. The van der Waals surface area contributed by atoms with Crippen LogP contribution in [0.4, 0.5) is 5.82 Å². The number of nitrogens with one attached hydrogen (secondary N) is 1. The first-order valence-electron chi connectivity index (χ1n) is 6.18. The highest BCUT2D eigenvalue weighted by Gasteiger charge is 2.19. The van der Waals surface area contributed by atoms with Gasteiger partial charge in [0.25, 0.3) is 0 Å². The Labute approximate surface area is 116 Å². The molecule has 0 spiro atoms. The molecule has 0 saturated heterocycles. The second kappa shape index (κ2) is 5.88. The molecule has 1 amide bonds. The summed E-state index contributed by atoms with van der Waals surface area (Å²) in [5, 5.41) is 9.07. The summed E-state index contributed by atoms with van der Waals surface area (Å²) in [6.45, 7) is 4.37. The molecule has 19 heavy (non-hydrogen) atoms. The van der Waals surface area contributed by atoms with Crippen LogP contribution in [0.25, 0.3) is 0 Å². The Morgan fingerprint density at radius 3 is 2.84 bits per heavy atom. The number of amides is 1. The van der Waals surface area contributed by atoms with Gasteiger partial charge in [0.05, 0.1) is 6.04 Å². The Hall–Kier alpha value is -1.82. The van der Waals surface area contributed by atoms with Crippen LogP contribution in [-0.4, -0.2) is 15.7 Å². The van der Waals surface area contributed by atoms with E-state index in [0.717, 1.165) is 0 Å². The van der Waals surface area contributed by atoms with Crippen molar-refractivity contribution in [3.05, 3.63) is 34.7 Å². The number of carbonyl (C=O) groups is 1. The van der Waals surface area contributed by atoms with E-state index in [-0.39, 0.29) is 18.5 Å². The summed E-state index contributed by atoms with van der Waals surface area (Å²) in [5.74, 6) is 0.701. The van der Waals surface area contributed by atoms with Crippen LogP contribution < -0.4 is 11.1 Å². The van der Waals surface area contributed by atoms with Gasteiger partial charge in [-0.05, 0) is 23.4 Å². The van der Waals surface area contributed by atoms with E-state index in [2.05, 4.69) is 24.3 Å². The fourth-order valence-electron chi connectivity index (χ4n) is 1.87. The number of thiophene rings is 1. The fourth-order valence-corrected chi connectivity index (χ4v) is 2.82. The normalized spacial score (nSPS) is 12.6. The van der Waals surface area contributed by atoms with Gasteiger partial charge in [-0.25, -0.2) is 0 Å². The minimum absolute atomic E-state index is 0.0420. The third-order valence-electron chi connectivity index (χ3n) is 2.80. The highest BCUT2D eigenvalue weighted by molar-refractivity contribution is 7.10. The second-order valence-corrected chi connectivity index (χ2v) is 5.72. The number of nitrogen functional groups attached to an aromatic ring is 1. The molecule has 2 aromatic rings. The molecule has 3 N–H and O–H groups in total. The van der Waals surface area contributed by atoms with E-state index >= 15 is 0 Å². The second-order valence-electron chi connectivity index (χ2n) is 4.74. The molecule has 0 aliphatic carbocycles. The van der Waals surface area contributed by atoms with Crippen LogP contribution in [0.5, 0.6) is 0 Å². The molecule has 5 nitrogen and oxygen atoms in total. The smallest absolute Gasteiger partial charge is 0.242 e. The van der Waals surface area contributed by atoms with Gasteiger partial charge in [0.15, 0.2) is 0 Å². The standard InChI is InChI=1S/C13H18N4OS/c1-9(2)13(10-4-3-7-19-10)15-12(18)8-17-6-5-11(14)16-17/h3-7,9,13H,8H2,1-2H3,(H2,14,16)(H,15,18). The van der Waals surface area contributed by atoms with E-state index in [1.165, 1.54) is 9.56 Å². The summed E-state index contributed by atoms with van der Waals surface area (Å²) in [5.41, 5.74) is 5.52. The Morgan fingerprint density at radius 1 is 1.53 bits per heavy atom. The van der Waals surface area contributed by atoms with Crippen molar-refractivity contribution < 1.29 is 4.79 Å². The Balaban J connectivity index is 2.00. The molecule has 2 heterocycles. The van der Waals surface area contributed by atoms with Crippen molar-refractivity contribution in [2.75, 3.05) is 5.73 Å². The number of nitrogens with zero attached hydrogens (tertiary/aromatic N) is 2. The molecule has 0 radical (unpaired) electrons. The first kappa shape index (κ1) is 13.6. The zero-order chi connectivity index (χ0) is 13.8. The lowest BCUT2D eigenvalue weighted by Gasteiger charge is -2.21. The van der Waals surface area contributed by atoms with Gasteiger partial charge in [-0.2, -0.15) is 5.10 Å². The average Bonchev–Trinajstić information content (AvgIpc) is 2.97. The molecule has 0 aliphatic rings. The van der Waals surface area contributed by atoms with Gasteiger partial charge in [0.1, 0.15) is 12.4 Å². The van der Waals surface area contributed by atoms with E-state index in [9.17, 15) is 4.79 Å². The lowest BCUT2D eigenvalue weighted by atomic mass is 10.0. The predicted molar refractivity (Wildman–Crippen MR) is 76.7 cm³/mol. The maximum absolute atomic E-state index is 12.0. The summed E-state index contributed by atoms with van der Waals surface area (Å²) < 4.78 is 1.54.